The van der Waals surface area contributed by atoms with Gasteiger partial charge in [-0.1, -0.05) is 39.8 Å². The zero-order chi connectivity index (χ0) is 11.5. The summed E-state index contributed by atoms with van der Waals surface area (Å²) in [4.78, 5) is 4.27. The van der Waals surface area contributed by atoms with Gasteiger partial charge in [-0.25, -0.2) is 4.98 Å². The molecule has 0 saturated heterocycles. The number of allylic oxidation sites excluding steroid dienone is 2. The average Bonchev–Trinajstić information content (AvgIpc) is 2.50. The molecule has 82 valence electrons. The van der Waals surface area contributed by atoms with Crippen molar-refractivity contribution in [1.29, 1.82) is 0 Å². The Morgan fingerprint density at radius 3 is 2.40 bits per heavy atom. The first-order valence-electron chi connectivity index (χ1n) is 5.43. The Morgan fingerprint density at radius 1 is 1.13 bits per heavy atom. The van der Waals surface area contributed by atoms with Crippen molar-refractivity contribution >= 4 is 12.2 Å². The van der Waals surface area contributed by atoms with E-state index in [9.17, 15) is 0 Å². The van der Waals surface area contributed by atoms with Gasteiger partial charge in [0.05, 0.1) is 0 Å². The first-order chi connectivity index (χ1) is 7.07. The molecule has 0 aromatic carbocycles. The van der Waals surface area contributed by atoms with Gasteiger partial charge in [0, 0.05) is 12.3 Å². The number of aryl methyl sites for hydroxylation is 1. The van der Waals surface area contributed by atoms with Gasteiger partial charge in [0.2, 0.25) is 0 Å². The molecule has 0 radical (unpaired) electrons. The Bertz CT molecular complexity index is 350. The van der Waals surface area contributed by atoms with Crippen LogP contribution >= 0.6 is 0 Å². The van der Waals surface area contributed by atoms with Crippen molar-refractivity contribution in [3.8, 4) is 0 Å². The van der Waals surface area contributed by atoms with Crippen molar-refractivity contribution in [3.63, 3.8) is 0 Å². The second-order valence-electron chi connectivity index (χ2n) is 3.97. The smallest absolute Gasteiger partial charge is 0.192 e. The van der Waals surface area contributed by atoms with Crippen LogP contribution in [0.2, 0.25) is 0 Å². The van der Waals surface area contributed by atoms with Gasteiger partial charge < -0.3 is 4.42 Å². The Kier molecular flexibility index (Phi) is 3.51. The maximum atomic E-state index is 5.43. The molecule has 1 aromatic rings. The minimum atomic E-state index is 0.0944. The lowest BCUT2D eigenvalue weighted by Crippen LogP contribution is -2.00. The highest BCUT2D eigenvalue weighted by Gasteiger charge is 2.15. The Morgan fingerprint density at radius 2 is 1.73 bits per heavy atom. The summed E-state index contributed by atoms with van der Waals surface area (Å²) in [5.41, 5.74) is 1.02. The second-order valence-corrected chi connectivity index (χ2v) is 3.97. The first kappa shape index (κ1) is 11.8. The van der Waals surface area contributed by atoms with E-state index in [1.165, 1.54) is 0 Å². The lowest BCUT2D eigenvalue weighted by atomic mass is 9.93. The van der Waals surface area contributed by atoms with Crippen LogP contribution in [0.1, 0.15) is 45.0 Å². The summed E-state index contributed by atoms with van der Waals surface area (Å²) in [6, 6.07) is 0. The van der Waals surface area contributed by atoms with E-state index in [0.29, 0.717) is 0 Å². The van der Waals surface area contributed by atoms with E-state index in [1.807, 2.05) is 32.9 Å². The average molecular weight is 205 g/mol. The van der Waals surface area contributed by atoms with Crippen LogP contribution in [0.5, 0.6) is 0 Å². The van der Waals surface area contributed by atoms with Crippen molar-refractivity contribution < 1.29 is 4.42 Å². The molecule has 0 spiro atoms. The van der Waals surface area contributed by atoms with Gasteiger partial charge in [0.15, 0.2) is 11.7 Å². The minimum absolute atomic E-state index is 0.0944. The first-order valence-corrected chi connectivity index (χ1v) is 5.43. The van der Waals surface area contributed by atoms with Gasteiger partial charge in [-0.3, -0.25) is 0 Å². The van der Waals surface area contributed by atoms with E-state index in [-0.39, 0.29) is 5.41 Å². The van der Waals surface area contributed by atoms with Crippen molar-refractivity contribution in [2.75, 3.05) is 0 Å². The molecule has 2 heteroatoms. The van der Waals surface area contributed by atoms with Gasteiger partial charge in [0.25, 0.3) is 0 Å². The number of rotatable bonds is 0. The number of oxazole rings is 1. The zero-order valence-electron chi connectivity index (χ0n) is 10.2. The highest BCUT2D eigenvalue weighted by atomic mass is 16.4. The molecule has 15 heavy (non-hydrogen) atoms. The number of aromatic nitrogens is 1. The number of nitrogens with zero attached hydrogens (tertiary/aromatic N) is 1. The van der Waals surface area contributed by atoms with E-state index in [1.54, 1.807) is 0 Å². The lowest BCUT2D eigenvalue weighted by Gasteiger charge is -2.11. The van der Waals surface area contributed by atoms with Crippen LogP contribution in [-0.4, -0.2) is 4.98 Å². The predicted octanol–water partition coefficient (Wildman–Crippen LogP) is 4.08. The summed E-state index contributed by atoms with van der Waals surface area (Å²) >= 11 is 0. The van der Waals surface area contributed by atoms with Crippen LogP contribution < -0.4 is 0 Å². The van der Waals surface area contributed by atoms with Crippen LogP contribution in [0.4, 0.5) is 0 Å². The molecule has 1 aliphatic rings. The summed E-state index contributed by atoms with van der Waals surface area (Å²) < 4.78 is 5.43. The van der Waals surface area contributed by atoms with Crippen molar-refractivity contribution in [2.45, 2.75) is 34.6 Å². The van der Waals surface area contributed by atoms with Crippen LogP contribution in [0.3, 0.4) is 0 Å². The Hall–Kier alpha value is -1.31. The SMILES string of the molecule is CC.Cc1nc2c(o1)C=CC(C)(C)C=C2. The molecule has 0 fully saturated rings. The Balaban J connectivity index is 0.000000531. The molecule has 2 rings (SSSR count). The predicted molar refractivity (Wildman–Crippen MR) is 64.4 cm³/mol. The van der Waals surface area contributed by atoms with E-state index >= 15 is 0 Å². The van der Waals surface area contributed by atoms with E-state index in [4.69, 9.17) is 4.42 Å². The van der Waals surface area contributed by atoms with Crippen molar-refractivity contribution in [2.24, 2.45) is 5.41 Å². The van der Waals surface area contributed by atoms with Gasteiger partial charge in [0.1, 0.15) is 5.69 Å². The van der Waals surface area contributed by atoms with Crippen LogP contribution in [0.15, 0.2) is 16.6 Å². The van der Waals surface area contributed by atoms with Gasteiger partial charge in [-0.2, -0.15) is 0 Å². The van der Waals surface area contributed by atoms with E-state index in [0.717, 1.165) is 17.3 Å². The van der Waals surface area contributed by atoms with Crippen molar-refractivity contribution in [1.82, 2.24) is 4.98 Å². The third-order valence-corrected chi connectivity index (χ3v) is 2.12. The fourth-order valence-electron chi connectivity index (χ4n) is 1.34. The molecule has 0 N–H and O–H groups in total. The summed E-state index contributed by atoms with van der Waals surface area (Å²) in [5, 5.41) is 0. The summed E-state index contributed by atoms with van der Waals surface area (Å²) in [7, 11) is 0. The quantitative estimate of drug-likeness (QED) is 0.638. The molecule has 0 atom stereocenters. The molecule has 2 nitrogen and oxygen atoms in total. The zero-order valence-corrected chi connectivity index (χ0v) is 10.2. The molecular formula is C13H19NO. The molecule has 0 bridgehead atoms. The standard InChI is InChI=1S/C11H13NO.C2H6/c1-8-12-9-4-6-11(2,3)7-5-10(9)13-8;1-2/h4-7H,1-3H3;1-2H3. The van der Waals surface area contributed by atoms with Gasteiger partial charge in [-0.05, 0) is 12.2 Å². The van der Waals surface area contributed by atoms with Crippen LogP contribution in [0.25, 0.3) is 12.2 Å². The summed E-state index contributed by atoms with van der Waals surface area (Å²) in [6.07, 6.45) is 8.28. The molecule has 1 heterocycles. The molecule has 0 unspecified atom stereocenters. The van der Waals surface area contributed by atoms with Gasteiger partial charge in [-0.15, -0.1) is 0 Å². The monoisotopic (exact) mass is 205 g/mol. The van der Waals surface area contributed by atoms with Gasteiger partial charge >= 0.3 is 0 Å². The number of hydrogen-bond acceptors (Lipinski definition) is 2. The highest BCUT2D eigenvalue weighted by molar-refractivity contribution is 5.62. The third kappa shape index (κ3) is 2.82. The minimum Gasteiger partial charge on any atom is -0.441 e. The molecular weight excluding hydrogens is 186 g/mol. The van der Waals surface area contributed by atoms with Crippen LogP contribution in [0, 0.1) is 12.3 Å². The normalized spacial score (nSPS) is 16.3. The highest BCUT2D eigenvalue weighted by Crippen LogP contribution is 2.27. The Labute approximate surface area is 91.7 Å². The summed E-state index contributed by atoms with van der Waals surface area (Å²) in [6.45, 7) is 10.2. The number of fused-ring (bicyclic) bond motifs is 1. The molecule has 1 aromatic heterocycles. The fourth-order valence-corrected chi connectivity index (χ4v) is 1.34. The molecule has 0 amide bonds. The lowest BCUT2D eigenvalue weighted by molar-refractivity contribution is 0.512. The number of hydrogen-bond donors (Lipinski definition) is 0. The third-order valence-electron chi connectivity index (χ3n) is 2.12. The second kappa shape index (κ2) is 4.47. The summed E-state index contributed by atoms with van der Waals surface area (Å²) in [5.74, 6) is 1.58. The van der Waals surface area contributed by atoms with E-state index < -0.39 is 0 Å². The maximum Gasteiger partial charge on any atom is 0.192 e. The van der Waals surface area contributed by atoms with Crippen molar-refractivity contribution in [3.05, 3.63) is 29.5 Å². The largest absolute Gasteiger partial charge is 0.441 e. The maximum absolute atomic E-state index is 5.43. The molecule has 1 aliphatic carbocycles. The van der Waals surface area contributed by atoms with Crippen LogP contribution in [-0.2, 0) is 0 Å². The molecule has 0 saturated carbocycles. The fraction of sp³-hybridized carbons (Fsp3) is 0.462. The molecule has 0 aliphatic heterocycles. The van der Waals surface area contributed by atoms with E-state index in [2.05, 4.69) is 31.0 Å². The topological polar surface area (TPSA) is 26.0 Å².